The molecule has 0 spiro atoms. The van der Waals surface area contributed by atoms with Gasteiger partial charge in [0, 0.05) is 13.5 Å². The number of hydrogen-bond donors (Lipinski definition) is 5. The standard InChI is InChI=1S/C6H13N3O3.C2H4O2/c7-4(5(10)11)2-1-3-9-6(8)12;1-2(3)4/h4H,1-3,7H2,(H,10,11)(H3,8,9,12);1H3,(H,3,4)/t4-;/m0./s1. The Morgan fingerprint density at radius 3 is 2.06 bits per heavy atom. The van der Waals surface area contributed by atoms with Crippen molar-refractivity contribution in [2.24, 2.45) is 11.5 Å². The summed E-state index contributed by atoms with van der Waals surface area (Å²) in [5, 5.41) is 18.1. The molecule has 0 aliphatic carbocycles. The molecule has 1 atom stereocenters. The van der Waals surface area contributed by atoms with E-state index in [1.54, 1.807) is 0 Å². The van der Waals surface area contributed by atoms with Crippen LogP contribution < -0.4 is 16.8 Å². The van der Waals surface area contributed by atoms with Crippen molar-refractivity contribution in [2.75, 3.05) is 6.54 Å². The summed E-state index contributed by atoms with van der Waals surface area (Å²) in [7, 11) is 0. The van der Waals surface area contributed by atoms with Crippen LogP contribution in [0.2, 0.25) is 0 Å². The van der Waals surface area contributed by atoms with Crippen molar-refractivity contribution in [3.63, 3.8) is 0 Å². The van der Waals surface area contributed by atoms with E-state index in [1.807, 2.05) is 0 Å². The zero-order valence-corrected chi connectivity index (χ0v) is 8.97. The number of carboxylic acid groups (broad SMARTS) is 2. The molecule has 0 radical (unpaired) electrons. The van der Waals surface area contributed by atoms with Crippen molar-refractivity contribution in [1.29, 1.82) is 0 Å². The lowest BCUT2D eigenvalue weighted by molar-refractivity contribution is -0.138. The van der Waals surface area contributed by atoms with Crippen LogP contribution in [0.4, 0.5) is 4.79 Å². The normalized spacial score (nSPS) is 10.6. The van der Waals surface area contributed by atoms with E-state index < -0.39 is 24.0 Å². The Hall–Kier alpha value is -1.83. The summed E-state index contributed by atoms with van der Waals surface area (Å²) in [4.78, 5) is 29.3. The summed E-state index contributed by atoms with van der Waals surface area (Å²) < 4.78 is 0. The van der Waals surface area contributed by atoms with Crippen LogP contribution in [0.3, 0.4) is 0 Å². The summed E-state index contributed by atoms with van der Waals surface area (Å²) in [6, 6.07) is -1.47. The number of rotatable bonds is 5. The minimum Gasteiger partial charge on any atom is -0.481 e. The largest absolute Gasteiger partial charge is 0.481 e. The fourth-order valence-corrected chi connectivity index (χ4v) is 0.657. The molecule has 0 aromatic carbocycles. The highest BCUT2D eigenvalue weighted by molar-refractivity contribution is 5.73. The zero-order chi connectivity index (χ0) is 13.1. The molecule has 7 N–H and O–H groups in total. The first-order valence-electron chi connectivity index (χ1n) is 4.48. The number of carbonyl (C=O) groups is 3. The van der Waals surface area contributed by atoms with Gasteiger partial charge in [0.25, 0.3) is 5.97 Å². The third-order valence-electron chi connectivity index (χ3n) is 1.31. The Morgan fingerprint density at radius 1 is 1.31 bits per heavy atom. The smallest absolute Gasteiger partial charge is 0.320 e. The Labute approximate surface area is 92.6 Å². The SMILES string of the molecule is CC(=O)O.NC(=O)NCCC[C@H](N)C(=O)O. The fourth-order valence-electron chi connectivity index (χ4n) is 0.657. The second-order valence-corrected chi connectivity index (χ2v) is 2.90. The molecule has 0 aromatic heterocycles. The average molecular weight is 235 g/mol. The molecule has 94 valence electrons. The lowest BCUT2D eigenvalue weighted by Gasteiger charge is -2.05. The monoisotopic (exact) mass is 235 g/mol. The highest BCUT2D eigenvalue weighted by Crippen LogP contribution is 1.92. The van der Waals surface area contributed by atoms with Gasteiger partial charge in [0.1, 0.15) is 6.04 Å². The van der Waals surface area contributed by atoms with Gasteiger partial charge in [-0.05, 0) is 12.8 Å². The maximum absolute atomic E-state index is 10.2. The second-order valence-electron chi connectivity index (χ2n) is 2.90. The Balaban J connectivity index is 0. The number of nitrogens with two attached hydrogens (primary N) is 2. The van der Waals surface area contributed by atoms with Crippen molar-refractivity contribution in [3.8, 4) is 0 Å². The molecule has 0 heterocycles. The lowest BCUT2D eigenvalue weighted by atomic mass is 10.2. The van der Waals surface area contributed by atoms with Gasteiger partial charge in [-0.2, -0.15) is 0 Å². The molecular formula is C8H17N3O5. The molecule has 0 bridgehead atoms. The number of aliphatic carboxylic acids is 2. The van der Waals surface area contributed by atoms with E-state index in [-0.39, 0.29) is 0 Å². The molecule has 8 nitrogen and oxygen atoms in total. The number of carboxylic acids is 2. The molecular weight excluding hydrogens is 218 g/mol. The molecule has 0 rings (SSSR count). The Bertz CT molecular complexity index is 240. The third kappa shape index (κ3) is 18.1. The lowest BCUT2D eigenvalue weighted by Crippen LogP contribution is -2.33. The first-order chi connectivity index (χ1) is 7.27. The molecule has 0 unspecified atom stereocenters. The van der Waals surface area contributed by atoms with E-state index in [0.717, 1.165) is 6.92 Å². The van der Waals surface area contributed by atoms with E-state index in [1.165, 1.54) is 0 Å². The fraction of sp³-hybridized carbons (Fsp3) is 0.625. The number of primary amides is 1. The predicted molar refractivity (Wildman–Crippen MR) is 55.7 cm³/mol. The average Bonchev–Trinajstić information content (AvgIpc) is 2.10. The van der Waals surface area contributed by atoms with E-state index >= 15 is 0 Å². The minimum atomic E-state index is -1.03. The number of urea groups is 1. The molecule has 16 heavy (non-hydrogen) atoms. The quantitative estimate of drug-likeness (QED) is 0.382. The van der Waals surface area contributed by atoms with Gasteiger partial charge < -0.3 is 27.0 Å². The van der Waals surface area contributed by atoms with Crippen molar-refractivity contribution >= 4 is 18.0 Å². The van der Waals surface area contributed by atoms with E-state index in [2.05, 4.69) is 5.32 Å². The van der Waals surface area contributed by atoms with Crippen LogP contribution in [0, 0.1) is 0 Å². The van der Waals surface area contributed by atoms with Crippen molar-refractivity contribution in [2.45, 2.75) is 25.8 Å². The van der Waals surface area contributed by atoms with Crippen LogP contribution in [0.25, 0.3) is 0 Å². The summed E-state index contributed by atoms with van der Waals surface area (Å²) in [6.45, 7) is 1.44. The Kier molecular flexibility index (Phi) is 10.1. The number of hydrogen-bond acceptors (Lipinski definition) is 4. The van der Waals surface area contributed by atoms with Crippen LogP contribution in [0.15, 0.2) is 0 Å². The molecule has 0 aliphatic rings. The predicted octanol–water partition coefficient (Wildman–Crippen LogP) is -1.06. The highest BCUT2D eigenvalue weighted by Gasteiger charge is 2.09. The molecule has 2 amide bonds. The topological polar surface area (TPSA) is 156 Å². The number of carbonyl (C=O) groups excluding carboxylic acids is 1. The van der Waals surface area contributed by atoms with Crippen molar-refractivity contribution < 1.29 is 24.6 Å². The van der Waals surface area contributed by atoms with Gasteiger partial charge in [-0.3, -0.25) is 9.59 Å². The molecule has 0 saturated carbocycles. The maximum atomic E-state index is 10.2. The van der Waals surface area contributed by atoms with Crippen LogP contribution in [0.5, 0.6) is 0 Å². The van der Waals surface area contributed by atoms with Crippen LogP contribution >= 0.6 is 0 Å². The summed E-state index contributed by atoms with van der Waals surface area (Å²) in [5.41, 5.74) is 9.96. The summed E-state index contributed by atoms with van der Waals surface area (Å²) in [6.07, 6.45) is 0.839. The molecule has 0 aliphatic heterocycles. The molecule has 0 fully saturated rings. The van der Waals surface area contributed by atoms with E-state index in [4.69, 9.17) is 26.5 Å². The summed E-state index contributed by atoms with van der Waals surface area (Å²) in [5.74, 6) is -1.87. The first kappa shape index (κ1) is 16.6. The number of amides is 2. The van der Waals surface area contributed by atoms with Gasteiger partial charge in [-0.25, -0.2) is 4.79 Å². The van der Waals surface area contributed by atoms with Gasteiger partial charge in [0.05, 0.1) is 0 Å². The zero-order valence-electron chi connectivity index (χ0n) is 8.97. The van der Waals surface area contributed by atoms with E-state index in [9.17, 15) is 9.59 Å². The van der Waals surface area contributed by atoms with Gasteiger partial charge in [-0.1, -0.05) is 0 Å². The molecule has 0 aromatic rings. The van der Waals surface area contributed by atoms with Crippen LogP contribution in [-0.4, -0.2) is 40.8 Å². The maximum Gasteiger partial charge on any atom is 0.320 e. The van der Waals surface area contributed by atoms with Gasteiger partial charge in [-0.15, -0.1) is 0 Å². The molecule has 8 heteroatoms. The Morgan fingerprint density at radius 2 is 1.75 bits per heavy atom. The minimum absolute atomic E-state index is 0.329. The summed E-state index contributed by atoms with van der Waals surface area (Å²) >= 11 is 0. The second kappa shape index (κ2) is 9.71. The molecule has 0 saturated heterocycles. The van der Waals surface area contributed by atoms with Gasteiger partial charge in [0.15, 0.2) is 0 Å². The van der Waals surface area contributed by atoms with Crippen LogP contribution in [0.1, 0.15) is 19.8 Å². The van der Waals surface area contributed by atoms with Crippen LogP contribution in [-0.2, 0) is 9.59 Å². The van der Waals surface area contributed by atoms with E-state index in [0.29, 0.717) is 19.4 Å². The first-order valence-corrected chi connectivity index (χ1v) is 4.48. The van der Waals surface area contributed by atoms with Crippen molar-refractivity contribution in [3.05, 3.63) is 0 Å². The third-order valence-corrected chi connectivity index (χ3v) is 1.31. The van der Waals surface area contributed by atoms with Gasteiger partial charge >= 0.3 is 12.0 Å². The van der Waals surface area contributed by atoms with Crippen molar-refractivity contribution in [1.82, 2.24) is 5.32 Å². The van der Waals surface area contributed by atoms with Gasteiger partial charge in [0.2, 0.25) is 0 Å². The number of nitrogens with one attached hydrogen (secondary N) is 1. The highest BCUT2D eigenvalue weighted by atomic mass is 16.4.